The summed E-state index contributed by atoms with van der Waals surface area (Å²) >= 11 is 0. The Kier molecular flexibility index (Phi) is 6.14. The van der Waals surface area contributed by atoms with Crippen LogP contribution >= 0.6 is 0 Å². The van der Waals surface area contributed by atoms with Crippen LogP contribution in [0.1, 0.15) is 36.8 Å². The molecule has 1 amide bonds. The van der Waals surface area contributed by atoms with Crippen molar-refractivity contribution in [2.45, 2.75) is 44.6 Å². The number of benzene rings is 1. The Morgan fingerprint density at radius 3 is 2.92 bits per heavy atom. The molecule has 2 aliphatic rings. The lowest BCUT2D eigenvalue weighted by molar-refractivity contribution is -0.121. The molecule has 1 fully saturated rings. The molecule has 136 valence electrons. The molecule has 0 unspecified atom stereocenters. The van der Waals surface area contributed by atoms with Crippen LogP contribution in [0.4, 0.5) is 0 Å². The minimum Gasteiger partial charge on any atom is -0.493 e. The maximum Gasteiger partial charge on any atom is 0.220 e. The first-order valence-corrected chi connectivity index (χ1v) is 9.23. The van der Waals surface area contributed by atoms with E-state index in [0.29, 0.717) is 12.5 Å². The lowest BCUT2D eigenvalue weighted by Gasteiger charge is -2.12. The largest absolute Gasteiger partial charge is 0.493 e. The summed E-state index contributed by atoms with van der Waals surface area (Å²) in [5, 5.41) is 9.59. The third kappa shape index (κ3) is 5.66. The standard InChI is InChI=1S/C19H28N4O2/c1-20-19(21-10-2-3-18(24)23-16-5-6-16)22-11-8-14-4-7-17-15(13-14)9-12-25-17/h4,7,13,16H,2-3,5-6,8-12H2,1H3,(H,23,24)(H2,20,21,22). The Bertz CT molecular complexity index is 626. The molecule has 1 aliphatic heterocycles. The van der Waals surface area contributed by atoms with Gasteiger partial charge in [-0.1, -0.05) is 12.1 Å². The second-order valence-corrected chi connectivity index (χ2v) is 6.66. The van der Waals surface area contributed by atoms with Crippen LogP contribution in [0.5, 0.6) is 5.75 Å². The predicted molar refractivity (Wildman–Crippen MR) is 99.1 cm³/mol. The second kappa shape index (κ2) is 8.74. The molecule has 0 spiro atoms. The van der Waals surface area contributed by atoms with Crippen molar-refractivity contribution in [1.82, 2.24) is 16.0 Å². The van der Waals surface area contributed by atoms with Crippen molar-refractivity contribution in [1.29, 1.82) is 0 Å². The van der Waals surface area contributed by atoms with Gasteiger partial charge in [0.25, 0.3) is 0 Å². The fourth-order valence-electron chi connectivity index (χ4n) is 2.92. The van der Waals surface area contributed by atoms with Gasteiger partial charge in [-0.15, -0.1) is 0 Å². The Balaban J connectivity index is 1.30. The molecule has 25 heavy (non-hydrogen) atoms. The van der Waals surface area contributed by atoms with Gasteiger partial charge in [-0.3, -0.25) is 9.79 Å². The first-order valence-electron chi connectivity index (χ1n) is 9.23. The minimum atomic E-state index is 0.160. The number of fused-ring (bicyclic) bond motifs is 1. The van der Waals surface area contributed by atoms with Crippen LogP contribution in [0.15, 0.2) is 23.2 Å². The van der Waals surface area contributed by atoms with E-state index in [1.54, 1.807) is 7.05 Å². The summed E-state index contributed by atoms with van der Waals surface area (Å²) in [6.07, 6.45) is 5.60. The number of carbonyl (C=O) groups is 1. The van der Waals surface area contributed by atoms with E-state index in [-0.39, 0.29) is 5.91 Å². The van der Waals surface area contributed by atoms with Crippen molar-refractivity contribution < 1.29 is 9.53 Å². The predicted octanol–water partition coefficient (Wildman–Crippen LogP) is 1.39. The van der Waals surface area contributed by atoms with E-state index in [0.717, 1.165) is 63.5 Å². The number of rotatable bonds is 8. The molecule has 1 aromatic carbocycles. The van der Waals surface area contributed by atoms with Gasteiger partial charge in [-0.2, -0.15) is 0 Å². The van der Waals surface area contributed by atoms with Crippen LogP contribution in [-0.4, -0.2) is 44.7 Å². The van der Waals surface area contributed by atoms with E-state index >= 15 is 0 Å². The molecule has 0 bridgehead atoms. The topological polar surface area (TPSA) is 74.8 Å². The summed E-state index contributed by atoms with van der Waals surface area (Å²) in [5.74, 6) is 1.97. The van der Waals surface area contributed by atoms with Crippen LogP contribution in [0.25, 0.3) is 0 Å². The Morgan fingerprint density at radius 1 is 1.28 bits per heavy atom. The van der Waals surface area contributed by atoms with E-state index in [2.05, 4.69) is 39.1 Å². The van der Waals surface area contributed by atoms with Crippen molar-refractivity contribution in [2.75, 3.05) is 26.7 Å². The summed E-state index contributed by atoms with van der Waals surface area (Å²) < 4.78 is 5.54. The highest BCUT2D eigenvalue weighted by atomic mass is 16.5. The highest BCUT2D eigenvalue weighted by Crippen LogP contribution is 2.25. The molecule has 1 saturated carbocycles. The number of ether oxygens (including phenoxy) is 1. The van der Waals surface area contributed by atoms with Gasteiger partial charge in [0, 0.05) is 39.0 Å². The van der Waals surface area contributed by atoms with Crippen LogP contribution in [-0.2, 0) is 17.6 Å². The molecule has 0 aromatic heterocycles. The summed E-state index contributed by atoms with van der Waals surface area (Å²) in [6, 6.07) is 6.87. The number of hydrogen-bond donors (Lipinski definition) is 3. The van der Waals surface area contributed by atoms with Gasteiger partial charge >= 0.3 is 0 Å². The molecule has 0 atom stereocenters. The number of nitrogens with one attached hydrogen (secondary N) is 3. The van der Waals surface area contributed by atoms with Crippen molar-refractivity contribution in [2.24, 2.45) is 4.99 Å². The summed E-state index contributed by atoms with van der Waals surface area (Å²) in [5.41, 5.74) is 2.62. The highest BCUT2D eigenvalue weighted by Gasteiger charge is 2.22. The molecular weight excluding hydrogens is 316 g/mol. The smallest absolute Gasteiger partial charge is 0.220 e. The molecule has 3 N–H and O–H groups in total. The zero-order chi connectivity index (χ0) is 17.5. The van der Waals surface area contributed by atoms with E-state index in [1.165, 1.54) is 11.1 Å². The van der Waals surface area contributed by atoms with E-state index in [1.807, 2.05) is 0 Å². The zero-order valence-electron chi connectivity index (χ0n) is 14.9. The molecule has 1 aromatic rings. The number of carbonyl (C=O) groups excluding carboxylic acids is 1. The van der Waals surface area contributed by atoms with Crippen LogP contribution < -0.4 is 20.7 Å². The number of nitrogens with zero attached hydrogens (tertiary/aromatic N) is 1. The second-order valence-electron chi connectivity index (χ2n) is 6.66. The third-order valence-electron chi connectivity index (χ3n) is 4.50. The zero-order valence-corrected chi connectivity index (χ0v) is 14.9. The molecule has 0 radical (unpaired) electrons. The quantitative estimate of drug-likeness (QED) is 0.378. The molecule has 6 nitrogen and oxygen atoms in total. The Labute approximate surface area is 149 Å². The number of hydrogen-bond acceptors (Lipinski definition) is 3. The number of aliphatic imine (C=N–C) groups is 1. The van der Waals surface area contributed by atoms with Gasteiger partial charge in [-0.25, -0.2) is 0 Å². The minimum absolute atomic E-state index is 0.160. The van der Waals surface area contributed by atoms with Gasteiger partial charge < -0.3 is 20.7 Å². The van der Waals surface area contributed by atoms with Crippen LogP contribution in [0, 0.1) is 0 Å². The number of guanidine groups is 1. The fraction of sp³-hybridized carbons (Fsp3) is 0.579. The van der Waals surface area contributed by atoms with Crippen molar-refractivity contribution in [3.8, 4) is 5.75 Å². The van der Waals surface area contributed by atoms with Crippen molar-refractivity contribution in [3.63, 3.8) is 0 Å². The molecule has 1 heterocycles. The Hall–Kier alpha value is -2.24. The van der Waals surface area contributed by atoms with Gasteiger partial charge in [0.2, 0.25) is 5.91 Å². The normalized spacial score (nSPS) is 16.1. The van der Waals surface area contributed by atoms with Gasteiger partial charge in [0.1, 0.15) is 5.75 Å². The number of amides is 1. The maximum absolute atomic E-state index is 11.6. The molecule has 3 rings (SSSR count). The average molecular weight is 344 g/mol. The van der Waals surface area contributed by atoms with E-state index < -0.39 is 0 Å². The van der Waals surface area contributed by atoms with Crippen LogP contribution in [0.3, 0.4) is 0 Å². The van der Waals surface area contributed by atoms with Crippen molar-refractivity contribution >= 4 is 11.9 Å². The first-order chi connectivity index (χ1) is 12.2. The van der Waals surface area contributed by atoms with E-state index in [9.17, 15) is 4.79 Å². The monoisotopic (exact) mass is 344 g/mol. The summed E-state index contributed by atoms with van der Waals surface area (Å²) in [6.45, 7) is 2.36. The average Bonchev–Trinajstić information content (AvgIpc) is 3.30. The molecule has 0 saturated heterocycles. The van der Waals surface area contributed by atoms with E-state index in [4.69, 9.17) is 4.74 Å². The SMILES string of the molecule is CN=C(NCCCC(=O)NC1CC1)NCCc1ccc2c(c1)CCO2. The van der Waals surface area contributed by atoms with Gasteiger partial charge in [-0.05, 0) is 42.9 Å². The summed E-state index contributed by atoms with van der Waals surface area (Å²) in [7, 11) is 1.77. The first kappa shape index (κ1) is 17.6. The van der Waals surface area contributed by atoms with Gasteiger partial charge in [0.05, 0.1) is 6.61 Å². The highest BCUT2D eigenvalue weighted by molar-refractivity contribution is 5.80. The van der Waals surface area contributed by atoms with Crippen LogP contribution in [0.2, 0.25) is 0 Å². The lowest BCUT2D eigenvalue weighted by Crippen LogP contribution is -2.39. The maximum atomic E-state index is 11.6. The van der Waals surface area contributed by atoms with Gasteiger partial charge in [0.15, 0.2) is 5.96 Å². The molecule has 6 heteroatoms. The van der Waals surface area contributed by atoms with Crippen molar-refractivity contribution in [3.05, 3.63) is 29.3 Å². The third-order valence-corrected chi connectivity index (χ3v) is 4.50. The fourth-order valence-corrected chi connectivity index (χ4v) is 2.92. The summed E-state index contributed by atoms with van der Waals surface area (Å²) in [4.78, 5) is 15.8. The lowest BCUT2D eigenvalue weighted by atomic mass is 10.1. The Morgan fingerprint density at radius 2 is 2.12 bits per heavy atom. The molecular formula is C19H28N4O2. The molecule has 1 aliphatic carbocycles.